The first-order valence-corrected chi connectivity index (χ1v) is 5.65. The van der Waals surface area contributed by atoms with E-state index in [-0.39, 0.29) is 6.61 Å². The average molecular weight is 261 g/mol. The maximum Gasteiger partial charge on any atom is 0.416 e. The highest BCUT2D eigenvalue weighted by Gasteiger charge is 2.30. The molecule has 0 amide bonds. The summed E-state index contributed by atoms with van der Waals surface area (Å²) in [6.07, 6.45) is -4.32. The summed E-state index contributed by atoms with van der Waals surface area (Å²) in [7, 11) is 1.77. The maximum atomic E-state index is 12.6. The molecule has 0 saturated heterocycles. The highest BCUT2D eigenvalue weighted by Crippen LogP contribution is 2.30. The van der Waals surface area contributed by atoms with Gasteiger partial charge in [0.25, 0.3) is 0 Å². The fourth-order valence-electron chi connectivity index (χ4n) is 1.45. The molecule has 1 rings (SSSR count). The first-order valence-electron chi connectivity index (χ1n) is 5.65. The van der Waals surface area contributed by atoms with Crippen LogP contribution < -0.4 is 0 Å². The Balaban J connectivity index is 2.86. The molecule has 0 saturated carbocycles. The number of aliphatic hydroxyl groups excluding tert-OH is 1. The molecule has 5 heteroatoms. The van der Waals surface area contributed by atoms with E-state index in [2.05, 4.69) is 0 Å². The predicted molar refractivity (Wildman–Crippen MR) is 64.1 cm³/mol. The van der Waals surface area contributed by atoms with Crippen molar-refractivity contribution in [1.82, 2.24) is 4.90 Å². The summed E-state index contributed by atoms with van der Waals surface area (Å²) in [6, 6.07) is 5.25. The van der Waals surface area contributed by atoms with Gasteiger partial charge in [0.05, 0.1) is 12.2 Å². The minimum absolute atomic E-state index is 0.0531. The molecule has 0 aromatic heterocycles. The minimum atomic E-state index is -4.32. The largest absolute Gasteiger partial charge is 0.416 e. The maximum absolute atomic E-state index is 12.6. The van der Waals surface area contributed by atoms with E-state index in [1.165, 1.54) is 6.07 Å². The lowest BCUT2D eigenvalue weighted by molar-refractivity contribution is -0.137. The molecule has 1 aromatic carbocycles. The highest BCUT2D eigenvalue weighted by molar-refractivity contribution is 5.25. The Hall–Kier alpha value is -1.07. The van der Waals surface area contributed by atoms with Crippen LogP contribution in [-0.2, 0) is 12.7 Å². The van der Waals surface area contributed by atoms with E-state index in [0.29, 0.717) is 12.1 Å². The number of benzene rings is 1. The second-order valence-electron chi connectivity index (χ2n) is 5.02. The van der Waals surface area contributed by atoms with Crippen molar-refractivity contribution in [1.29, 1.82) is 0 Å². The van der Waals surface area contributed by atoms with E-state index in [0.717, 1.165) is 12.1 Å². The van der Waals surface area contributed by atoms with Gasteiger partial charge in [-0.05, 0) is 32.5 Å². The van der Waals surface area contributed by atoms with Crippen LogP contribution >= 0.6 is 0 Å². The van der Waals surface area contributed by atoms with Gasteiger partial charge in [0.2, 0.25) is 0 Å². The van der Waals surface area contributed by atoms with Crippen LogP contribution in [0.1, 0.15) is 25.0 Å². The number of nitrogens with zero attached hydrogens (tertiary/aromatic N) is 1. The smallest absolute Gasteiger partial charge is 0.394 e. The molecule has 18 heavy (non-hydrogen) atoms. The number of likely N-dealkylation sites (N-methyl/N-ethyl adjacent to an activating group) is 1. The van der Waals surface area contributed by atoms with Crippen LogP contribution in [0.3, 0.4) is 0 Å². The van der Waals surface area contributed by atoms with E-state index < -0.39 is 17.3 Å². The lowest BCUT2D eigenvalue weighted by Gasteiger charge is -2.34. The van der Waals surface area contributed by atoms with E-state index in [4.69, 9.17) is 0 Å². The lowest BCUT2D eigenvalue weighted by atomic mass is 10.0. The van der Waals surface area contributed by atoms with Crippen LogP contribution in [0.5, 0.6) is 0 Å². The molecule has 0 atom stereocenters. The van der Waals surface area contributed by atoms with Gasteiger partial charge in [-0.2, -0.15) is 13.2 Å². The van der Waals surface area contributed by atoms with Gasteiger partial charge in [-0.25, -0.2) is 0 Å². The number of aliphatic hydroxyl groups is 1. The summed E-state index contributed by atoms with van der Waals surface area (Å²) >= 11 is 0. The molecule has 2 nitrogen and oxygen atoms in total. The first kappa shape index (κ1) is 15.0. The van der Waals surface area contributed by atoms with Crippen LogP contribution in [0.4, 0.5) is 13.2 Å². The number of alkyl halides is 3. The first-order chi connectivity index (χ1) is 8.16. The van der Waals surface area contributed by atoms with Crippen molar-refractivity contribution in [2.45, 2.75) is 32.1 Å². The van der Waals surface area contributed by atoms with Crippen LogP contribution in [-0.4, -0.2) is 29.2 Å². The second kappa shape index (κ2) is 5.28. The lowest BCUT2D eigenvalue weighted by Crippen LogP contribution is -2.43. The fraction of sp³-hybridized carbons (Fsp3) is 0.538. The Morgan fingerprint density at radius 2 is 1.83 bits per heavy atom. The topological polar surface area (TPSA) is 23.5 Å². The van der Waals surface area contributed by atoms with E-state index in [1.807, 2.05) is 18.7 Å². The summed E-state index contributed by atoms with van der Waals surface area (Å²) in [5, 5.41) is 9.20. The van der Waals surface area contributed by atoms with Crippen molar-refractivity contribution in [2.24, 2.45) is 0 Å². The molecule has 0 bridgehead atoms. The third-order valence-corrected chi connectivity index (χ3v) is 3.09. The molecular weight excluding hydrogens is 243 g/mol. The second-order valence-corrected chi connectivity index (χ2v) is 5.02. The molecule has 0 unspecified atom stereocenters. The van der Waals surface area contributed by atoms with Crippen LogP contribution in [0.2, 0.25) is 0 Å². The van der Waals surface area contributed by atoms with Crippen molar-refractivity contribution >= 4 is 0 Å². The molecule has 0 heterocycles. The molecule has 102 valence electrons. The van der Waals surface area contributed by atoms with Crippen LogP contribution in [0, 0.1) is 0 Å². The average Bonchev–Trinajstić information content (AvgIpc) is 2.28. The summed E-state index contributed by atoms with van der Waals surface area (Å²) in [4.78, 5) is 1.82. The third-order valence-electron chi connectivity index (χ3n) is 3.09. The minimum Gasteiger partial charge on any atom is -0.394 e. The highest BCUT2D eigenvalue weighted by atomic mass is 19.4. The van der Waals surface area contributed by atoms with Gasteiger partial charge in [-0.15, -0.1) is 0 Å². The molecule has 0 aliphatic carbocycles. The van der Waals surface area contributed by atoms with Crippen LogP contribution in [0.15, 0.2) is 24.3 Å². The van der Waals surface area contributed by atoms with Crippen molar-refractivity contribution in [3.63, 3.8) is 0 Å². The Morgan fingerprint density at radius 1 is 1.22 bits per heavy atom. The normalized spacial score (nSPS) is 13.1. The number of rotatable bonds is 4. The molecule has 0 spiro atoms. The molecule has 0 fully saturated rings. The Bertz CT molecular complexity index is 401. The summed E-state index contributed by atoms with van der Waals surface area (Å²) in [5.74, 6) is 0. The zero-order valence-corrected chi connectivity index (χ0v) is 10.8. The summed E-state index contributed by atoms with van der Waals surface area (Å²) in [5.41, 5.74) is -0.530. The van der Waals surface area contributed by atoms with Gasteiger partial charge in [0.15, 0.2) is 0 Å². The van der Waals surface area contributed by atoms with Crippen molar-refractivity contribution < 1.29 is 18.3 Å². The third kappa shape index (κ3) is 3.71. The van der Waals surface area contributed by atoms with Crippen molar-refractivity contribution in [3.05, 3.63) is 35.4 Å². The summed E-state index contributed by atoms with van der Waals surface area (Å²) < 4.78 is 37.7. The molecule has 1 aromatic rings. The molecule has 1 N–H and O–H groups in total. The standard InChI is InChI=1S/C13H18F3NO/c1-12(2,9-18)17(3)8-10-5-4-6-11(7-10)13(14,15)16/h4-7,18H,8-9H2,1-3H3. The molecular formula is C13H18F3NO. The van der Waals surface area contributed by atoms with Gasteiger partial charge >= 0.3 is 6.18 Å². The van der Waals surface area contributed by atoms with Crippen molar-refractivity contribution in [3.8, 4) is 0 Å². The zero-order chi connectivity index (χ0) is 14.0. The molecule has 0 radical (unpaired) electrons. The monoisotopic (exact) mass is 261 g/mol. The predicted octanol–water partition coefficient (Wildman–Crippen LogP) is 2.91. The van der Waals surface area contributed by atoms with Gasteiger partial charge in [0, 0.05) is 12.1 Å². The number of hydrogen-bond donors (Lipinski definition) is 1. The fourth-order valence-corrected chi connectivity index (χ4v) is 1.45. The van der Waals surface area contributed by atoms with Gasteiger partial charge in [-0.3, -0.25) is 4.90 Å². The van der Waals surface area contributed by atoms with E-state index >= 15 is 0 Å². The SMILES string of the molecule is CN(Cc1cccc(C(F)(F)F)c1)C(C)(C)CO. The Kier molecular flexibility index (Phi) is 4.40. The summed E-state index contributed by atoms with van der Waals surface area (Å²) in [6.45, 7) is 3.97. The molecule has 0 aliphatic rings. The number of hydrogen-bond acceptors (Lipinski definition) is 2. The van der Waals surface area contributed by atoms with Gasteiger partial charge in [0.1, 0.15) is 0 Å². The zero-order valence-electron chi connectivity index (χ0n) is 10.8. The quantitative estimate of drug-likeness (QED) is 0.900. The number of halogens is 3. The van der Waals surface area contributed by atoms with Gasteiger partial charge < -0.3 is 5.11 Å². The van der Waals surface area contributed by atoms with E-state index in [1.54, 1.807) is 13.1 Å². The van der Waals surface area contributed by atoms with Gasteiger partial charge in [-0.1, -0.05) is 18.2 Å². The van der Waals surface area contributed by atoms with E-state index in [9.17, 15) is 18.3 Å². The molecule has 0 aliphatic heterocycles. The van der Waals surface area contributed by atoms with Crippen LogP contribution in [0.25, 0.3) is 0 Å². The Labute approximate surface area is 105 Å². The van der Waals surface area contributed by atoms with Crippen molar-refractivity contribution in [2.75, 3.05) is 13.7 Å². The Morgan fingerprint density at radius 3 is 2.33 bits per heavy atom.